The highest BCUT2D eigenvalue weighted by Gasteiger charge is 2.45. The Morgan fingerprint density at radius 1 is 1.06 bits per heavy atom. The summed E-state index contributed by atoms with van der Waals surface area (Å²) in [5.41, 5.74) is 3.48. The number of phenols is 1. The van der Waals surface area contributed by atoms with Crippen molar-refractivity contribution in [1.29, 1.82) is 0 Å². The molecule has 0 atom stereocenters. The van der Waals surface area contributed by atoms with Crippen LogP contribution < -0.4 is 4.90 Å². The number of anilines is 1. The molecule has 5 rings (SSSR count). The number of rotatable bonds is 3. The lowest BCUT2D eigenvalue weighted by molar-refractivity contribution is -0.192. The van der Waals surface area contributed by atoms with Crippen molar-refractivity contribution in [3.8, 4) is 28.1 Å². The van der Waals surface area contributed by atoms with Crippen molar-refractivity contribution in [1.82, 2.24) is 29.9 Å². The molecule has 36 heavy (non-hydrogen) atoms. The van der Waals surface area contributed by atoms with Crippen molar-refractivity contribution < 1.29 is 28.2 Å². The predicted octanol–water partition coefficient (Wildman–Crippen LogP) is 2.81. The van der Waals surface area contributed by atoms with E-state index in [1.54, 1.807) is 23.1 Å². The Kier molecular flexibility index (Phi) is 6.85. The number of aromatic nitrogens is 5. The second kappa shape index (κ2) is 9.72. The molecule has 0 radical (unpaired) electrons. The molecule has 3 aromatic rings. The van der Waals surface area contributed by atoms with E-state index in [-0.39, 0.29) is 5.75 Å². The van der Waals surface area contributed by atoms with Crippen LogP contribution in [0.2, 0.25) is 0 Å². The standard InChI is InChI=1S/C21H25N7O.C2HF3O2/c1-26-7-5-21(6-8-26)13-28(14-21)20-22-11-18(24-25-20)17-4-3-15(9-19(17)29)16-10-23-27(2)12-16;3-2(4,5)1(6)7/h3-4,9-12,29H,5-8,13-14H2,1-2H3;(H,6,7). The molecule has 0 aliphatic carbocycles. The topological polar surface area (TPSA) is 121 Å². The van der Waals surface area contributed by atoms with Gasteiger partial charge in [0.05, 0.1) is 12.4 Å². The molecule has 0 unspecified atom stereocenters. The Labute approximate surface area is 205 Å². The van der Waals surface area contributed by atoms with Gasteiger partial charge in [0.2, 0.25) is 5.95 Å². The summed E-state index contributed by atoms with van der Waals surface area (Å²) in [7, 11) is 4.06. The van der Waals surface area contributed by atoms with Crippen LogP contribution in [0.25, 0.3) is 22.4 Å². The van der Waals surface area contributed by atoms with Gasteiger partial charge in [0.1, 0.15) is 11.4 Å². The summed E-state index contributed by atoms with van der Waals surface area (Å²) in [6.45, 7) is 4.35. The minimum atomic E-state index is -5.08. The molecule has 1 spiro atoms. The number of carboxylic acid groups (broad SMARTS) is 1. The number of nitrogens with zero attached hydrogens (tertiary/aromatic N) is 7. The van der Waals surface area contributed by atoms with Crippen molar-refractivity contribution in [2.75, 3.05) is 38.1 Å². The van der Waals surface area contributed by atoms with Gasteiger partial charge in [-0.05, 0) is 50.7 Å². The lowest BCUT2D eigenvalue weighted by Crippen LogP contribution is -2.60. The van der Waals surface area contributed by atoms with Gasteiger partial charge in [-0.2, -0.15) is 18.3 Å². The second-order valence-corrected chi connectivity index (χ2v) is 9.24. The van der Waals surface area contributed by atoms with E-state index in [9.17, 15) is 18.3 Å². The highest BCUT2D eigenvalue weighted by atomic mass is 19.4. The second-order valence-electron chi connectivity index (χ2n) is 9.24. The van der Waals surface area contributed by atoms with Crippen molar-refractivity contribution in [2.24, 2.45) is 12.5 Å². The zero-order valence-electron chi connectivity index (χ0n) is 19.8. The molecule has 13 heteroatoms. The number of hydrogen-bond donors (Lipinski definition) is 2. The van der Waals surface area contributed by atoms with Gasteiger partial charge in [-0.15, -0.1) is 10.2 Å². The Bertz CT molecular complexity index is 1210. The third kappa shape index (κ3) is 5.56. The van der Waals surface area contributed by atoms with Gasteiger partial charge >= 0.3 is 12.1 Å². The molecule has 2 saturated heterocycles. The molecule has 0 saturated carbocycles. The number of aromatic hydroxyl groups is 1. The highest BCUT2D eigenvalue weighted by molar-refractivity contribution is 5.73. The van der Waals surface area contributed by atoms with Crippen molar-refractivity contribution in [2.45, 2.75) is 19.0 Å². The third-order valence-corrected chi connectivity index (χ3v) is 6.49. The predicted molar refractivity (Wildman–Crippen MR) is 124 cm³/mol. The van der Waals surface area contributed by atoms with E-state index in [2.05, 4.69) is 37.1 Å². The van der Waals surface area contributed by atoms with Crippen LogP contribution in [-0.2, 0) is 11.8 Å². The third-order valence-electron chi connectivity index (χ3n) is 6.49. The summed E-state index contributed by atoms with van der Waals surface area (Å²) in [5.74, 6) is -1.93. The SMILES string of the molecule is CN1CCC2(CC1)CN(c1ncc(-c3ccc(-c4cnn(C)c4)cc3O)nn1)C2.O=C(O)C(F)(F)F. The van der Waals surface area contributed by atoms with Crippen molar-refractivity contribution in [3.05, 3.63) is 36.8 Å². The quantitative estimate of drug-likeness (QED) is 0.554. The molecule has 2 aliphatic rings. The van der Waals surface area contributed by atoms with E-state index < -0.39 is 12.1 Å². The van der Waals surface area contributed by atoms with E-state index in [0.717, 1.165) is 24.2 Å². The monoisotopic (exact) mass is 505 g/mol. The minimum Gasteiger partial charge on any atom is -0.507 e. The number of aryl methyl sites for hydroxylation is 1. The molecule has 2 aromatic heterocycles. The van der Waals surface area contributed by atoms with E-state index >= 15 is 0 Å². The first-order valence-electron chi connectivity index (χ1n) is 11.2. The number of piperidine rings is 1. The van der Waals surface area contributed by atoms with E-state index in [1.165, 1.54) is 25.9 Å². The van der Waals surface area contributed by atoms with Gasteiger partial charge in [-0.3, -0.25) is 4.68 Å². The number of benzene rings is 1. The van der Waals surface area contributed by atoms with Crippen LogP contribution in [0, 0.1) is 5.41 Å². The largest absolute Gasteiger partial charge is 0.507 e. The number of phenolic OH excluding ortho intramolecular Hbond substituents is 1. The molecule has 2 aliphatic heterocycles. The summed E-state index contributed by atoms with van der Waals surface area (Å²) in [6, 6.07) is 5.52. The first kappa shape index (κ1) is 25.4. The fourth-order valence-electron chi connectivity index (χ4n) is 4.35. The number of carboxylic acids is 1. The molecule has 2 fully saturated rings. The first-order valence-corrected chi connectivity index (χ1v) is 11.2. The summed E-state index contributed by atoms with van der Waals surface area (Å²) < 4.78 is 33.5. The van der Waals surface area contributed by atoms with Gasteiger partial charge in [0.15, 0.2) is 0 Å². The van der Waals surface area contributed by atoms with Gasteiger partial charge in [-0.25, -0.2) is 9.78 Å². The van der Waals surface area contributed by atoms with Gasteiger partial charge in [-0.1, -0.05) is 6.07 Å². The van der Waals surface area contributed by atoms with Gasteiger partial charge < -0.3 is 20.0 Å². The Morgan fingerprint density at radius 3 is 2.22 bits per heavy atom. The number of aliphatic carboxylic acids is 1. The number of carbonyl (C=O) groups is 1. The molecule has 0 bridgehead atoms. The zero-order valence-corrected chi connectivity index (χ0v) is 19.8. The molecule has 1 aromatic carbocycles. The minimum absolute atomic E-state index is 0.157. The fourth-order valence-corrected chi connectivity index (χ4v) is 4.35. The van der Waals surface area contributed by atoms with Gasteiger partial charge in [0, 0.05) is 42.9 Å². The lowest BCUT2D eigenvalue weighted by atomic mass is 9.72. The normalized spacial score (nSPS) is 17.3. The smallest absolute Gasteiger partial charge is 0.490 e. The van der Waals surface area contributed by atoms with E-state index in [4.69, 9.17) is 9.90 Å². The number of likely N-dealkylation sites (tertiary alicyclic amines) is 1. The maximum atomic E-state index is 10.6. The van der Waals surface area contributed by atoms with Gasteiger partial charge in [0.25, 0.3) is 0 Å². The maximum absolute atomic E-state index is 10.6. The summed E-state index contributed by atoms with van der Waals surface area (Å²) in [6.07, 6.45) is 2.77. The van der Waals surface area contributed by atoms with Crippen LogP contribution in [-0.4, -0.2) is 85.4 Å². The maximum Gasteiger partial charge on any atom is 0.490 e. The van der Waals surface area contributed by atoms with Crippen LogP contribution >= 0.6 is 0 Å². The van der Waals surface area contributed by atoms with Crippen LogP contribution in [0.1, 0.15) is 12.8 Å². The van der Waals surface area contributed by atoms with Crippen molar-refractivity contribution >= 4 is 11.9 Å². The number of alkyl halides is 3. The fraction of sp³-hybridized carbons (Fsp3) is 0.435. The molecular weight excluding hydrogens is 479 g/mol. The van der Waals surface area contributed by atoms with Crippen molar-refractivity contribution in [3.63, 3.8) is 0 Å². The Morgan fingerprint density at radius 2 is 1.72 bits per heavy atom. The first-order chi connectivity index (χ1) is 17.0. The van der Waals surface area contributed by atoms with E-state index in [1.807, 2.05) is 25.4 Å². The molecule has 10 nitrogen and oxygen atoms in total. The zero-order chi connectivity index (χ0) is 26.1. The number of halogens is 3. The average molecular weight is 506 g/mol. The Hall–Kier alpha value is -3.74. The van der Waals surface area contributed by atoms with E-state index in [0.29, 0.717) is 22.6 Å². The highest BCUT2D eigenvalue weighted by Crippen LogP contribution is 2.41. The molecule has 192 valence electrons. The summed E-state index contributed by atoms with van der Waals surface area (Å²) in [5, 5.41) is 30.4. The summed E-state index contributed by atoms with van der Waals surface area (Å²) in [4.78, 5) is 18.0. The van der Waals surface area contributed by atoms with Crippen LogP contribution in [0.3, 0.4) is 0 Å². The molecule has 2 N–H and O–H groups in total. The molecular formula is C23H26F3N7O3. The van der Waals surface area contributed by atoms with Crippen LogP contribution in [0.4, 0.5) is 19.1 Å². The number of hydrogen-bond acceptors (Lipinski definition) is 8. The van der Waals surface area contributed by atoms with Crippen LogP contribution in [0.5, 0.6) is 5.75 Å². The van der Waals surface area contributed by atoms with Crippen LogP contribution in [0.15, 0.2) is 36.8 Å². The Balaban J connectivity index is 0.000000384. The lowest BCUT2D eigenvalue weighted by Gasteiger charge is -2.53. The summed E-state index contributed by atoms with van der Waals surface area (Å²) >= 11 is 0. The molecule has 4 heterocycles. The molecule has 0 amide bonds. The average Bonchev–Trinajstić information content (AvgIpc) is 3.25.